The fourth-order valence-electron chi connectivity index (χ4n) is 1.94. The molecule has 0 spiro atoms. The van der Waals surface area contributed by atoms with Gasteiger partial charge in [0.1, 0.15) is 0 Å². The average molecular weight is 330 g/mol. The Morgan fingerprint density at radius 2 is 1.55 bits per heavy atom. The van der Waals surface area contributed by atoms with E-state index in [2.05, 4.69) is 0 Å². The highest BCUT2D eigenvalue weighted by Crippen LogP contribution is 2.20. The molecule has 22 heavy (non-hydrogen) atoms. The summed E-state index contributed by atoms with van der Waals surface area (Å²) < 4.78 is 26.6. The lowest BCUT2D eigenvalue weighted by Crippen LogP contribution is -2.34. The van der Waals surface area contributed by atoms with Crippen molar-refractivity contribution in [2.45, 2.75) is 24.2 Å². The number of sulfonamides is 1. The van der Waals surface area contributed by atoms with Crippen LogP contribution in [0.4, 0.5) is 5.69 Å². The summed E-state index contributed by atoms with van der Waals surface area (Å²) in [6.07, 6.45) is 1.94. The third-order valence-corrected chi connectivity index (χ3v) is 5.07. The van der Waals surface area contributed by atoms with Gasteiger partial charge in [-0.15, -0.1) is 0 Å². The van der Waals surface area contributed by atoms with Crippen LogP contribution in [0, 0.1) is 10.1 Å². The molecule has 0 amide bonds. The van der Waals surface area contributed by atoms with E-state index in [1.807, 2.05) is 0 Å². The number of hydrogen-bond donors (Lipinski definition) is 2. The summed E-state index contributed by atoms with van der Waals surface area (Å²) in [6.45, 7) is 1.57. The average Bonchev–Trinajstić information content (AvgIpc) is 2.50. The molecule has 1 rings (SSSR count). The highest BCUT2D eigenvalue weighted by molar-refractivity contribution is 7.89. The van der Waals surface area contributed by atoms with Crippen molar-refractivity contribution in [1.29, 1.82) is 0 Å². The first kappa shape index (κ1) is 18.5. The van der Waals surface area contributed by atoms with Crippen LogP contribution in [0.3, 0.4) is 0 Å². The minimum Gasteiger partial charge on any atom is -0.330 e. The standard InChI is InChI=1S/C13H22N4O4S/c14-8-1-2-10-16(11-3-9-15)22(20,21)13-6-4-12(5-7-13)17(18)19/h4-7H,1-3,8-11,14-15H2. The number of unbranched alkanes of at least 4 members (excludes halogenated alkanes) is 1. The van der Waals surface area contributed by atoms with Gasteiger partial charge >= 0.3 is 0 Å². The number of nitrogens with two attached hydrogens (primary N) is 2. The number of nitrogens with zero attached hydrogens (tertiary/aromatic N) is 2. The predicted molar refractivity (Wildman–Crippen MR) is 83.8 cm³/mol. The maximum Gasteiger partial charge on any atom is 0.269 e. The molecule has 124 valence electrons. The van der Waals surface area contributed by atoms with Crippen molar-refractivity contribution in [2.75, 3.05) is 26.2 Å². The quantitative estimate of drug-likeness (QED) is 0.368. The SMILES string of the molecule is NCCCCN(CCCN)S(=O)(=O)c1ccc([N+](=O)[O-])cc1. The fourth-order valence-corrected chi connectivity index (χ4v) is 3.46. The number of nitro groups is 1. The van der Waals surface area contributed by atoms with Crippen LogP contribution in [0.15, 0.2) is 29.2 Å². The van der Waals surface area contributed by atoms with E-state index in [4.69, 9.17) is 11.5 Å². The van der Waals surface area contributed by atoms with Crippen molar-refractivity contribution in [3.63, 3.8) is 0 Å². The van der Waals surface area contributed by atoms with Gasteiger partial charge < -0.3 is 11.5 Å². The van der Waals surface area contributed by atoms with E-state index in [1.165, 1.54) is 28.6 Å². The van der Waals surface area contributed by atoms with Gasteiger partial charge in [-0.3, -0.25) is 10.1 Å². The third-order valence-electron chi connectivity index (χ3n) is 3.16. The van der Waals surface area contributed by atoms with Crippen LogP contribution in [0.25, 0.3) is 0 Å². The molecule has 1 aromatic rings. The van der Waals surface area contributed by atoms with Crippen LogP contribution >= 0.6 is 0 Å². The number of rotatable bonds is 10. The van der Waals surface area contributed by atoms with Crippen LogP contribution < -0.4 is 11.5 Å². The Balaban J connectivity index is 2.95. The molecule has 4 N–H and O–H groups in total. The van der Waals surface area contributed by atoms with E-state index in [-0.39, 0.29) is 10.6 Å². The summed E-state index contributed by atoms with van der Waals surface area (Å²) in [5, 5.41) is 10.6. The van der Waals surface area contributed by atoms with Gasteiger partial charge in [-0.05, 0) is 44.5 Å². The van der Waals surface area contributed by atoms with Gasteiger partial charge in [0.2, 0.25) is 10.0 Å². The molecule has 0 heterocycles. The predicted octanol–water partition coefficient (Wildman–Crippen LogP) is 0.673. The Morgan fingerprint density at radius 1 is 1.00 bits per heavy atom. The van der Waals surface area contributed by atoms with E-state index >= 15 is 0 Å². The van der Waals surface area contributed by atoms with Crippen molar-refractivity contribution >= 4 is 15.7 Å². The molecule has 0 saturated heterocycles. The zero-order valence-electron chi connectivity index (χ0n) is 12.3. The molecule has 0 unspecified atom stereocenters. The minimum atomic E-state index is -3.68. The molecular weight excluding hydrogens is 308 g/mol. The van der Waals surface area contributed by atoms with E-state index < -0.39 is 14.9 Å². The van der Waals surface area contributed by atoms with Crippen molar-refractivity contribution in [1.82, 2.24) is 4.31 Å². The second kappa shape index (κ2) is 8.79. The Morgan fingerprint density at radius 3 is 2.05 bits per heavy atom. The van der Waals surface area contributed by atoms with Crippen LogP contribution in [-0.4, -0.2) is 43.8 Å². The molecule has 0 saturated carbocycles. The number of benzene rings is 1. The largest absolute Gasteiger partial charge is 0.330 e. The Bertz CT molecular complexity index is 574. The smallest absolute Gasteiger partial charge is 0.269 e. The second-order valence-electron chi connectivity index (χ2n) is 4.79. The maximum atomic E-state index is 12.6. The highest BCUT2D eigenvalue weighted by atomic mass is 32.2. The fraction of sp³-hybridized carbons (Fsp3) is 0.538. The highest BCUT2D eigenvalue weighted by Gasteiger charge is 2.24. The van der Waals surface area contributed by atoms with E-state index in [9.17, 15) is 18.5 Å². The summed E-state index contributed by atoms with van der Waals surface area (Å²) in [4.78, 5) is 10.1. The van der Waals surface area contributed by atoms with Crippen LogP contribution in [0.1, 0.15) is 19.3 Å². The van der Waals surface area contributed by atoms with Crippen LogP contribution in [-0.2, 0) is 10.0 Å². The molecule has 0 aliphatic carbocycles. The number of non-ortho nitro benzene ring substituents is 1. The Labute approximate surface area is 130 Å². The minimum absolute atomic E-state index is 0.0443. The molecule has 0 aliphatic heterocycles. The Kier molecular flexibility index (Phi) is 7.39. The second-order valence-corrected chi connectivity index (χ2v) is 6.73. The van der Waals surface area contributed by atoms with E-state index in [0.29, 0.717) is 39.0 Å². The summed E-state index contributed by atoms with van der Waals surface area (Å²) in [5.41, 5.74) is 10.7. The van der Waals surface area contributed by atoms with Gasteiger partial charge in [-0.25, -0.2) is 8.42 Å². The Hall–Kier alpha value is -1.55. The van der Waals surface area contributed by atoms with E-state index in [0.717, 1.165) is 6.42 Å². The molecule has 8 nitrogen and oxygen atoms in total. The van der Waals surface area contributed by atoms with Crippen molar-refractivity contribution in [2.24, 2.45) is 11.5 Å². The molecule has 9 heteroatoms. The normalized spacial score (nSPS) is 11.8. The zero-order chi connectivity index (χ0) is 16.6. The lowest BCUT2D eigenvalue weighted by Gasteiger charge is -2.22. The molecule has 0 aromatic heterocycles. The third kappa shape index (κ3) is 5.02. The summed E-state index contributed by atoms with van der Waals surface area (Å²) in [7, 11) is -3.68. The van der Waals surface area contributed by atoms with E-state index in [1.54, 1.807) is 0 Å². The van der Waals surface area contributed by atoms with Gasteiger partial charge in [-0.1, -0.05) is 0 Å². The molecule has 1 aromatic carbocycles. The molecule has 0 aliphatic rings. The molecule has 0 bridgehead atoms. The van der Waals surface area contributed by atoms with Gasteiger partial charge in [0, 0.05) is 25.2 Å². The summed E-state index contributed by atoms with van der Waals surface area (Å²) >= 11 is 0. The number of hydrogen-bond acceptors (Lipinski definition) is 6. The van der Waals surface area contributed by atoms with Gasteiger partial charge in [0.15, 0.2) is 0 Å². The first-order valence-corrected chi connectivity index (χ1v) is 8.52. The van der Waals surface area contributed by atoms with Crippen molar-refractivity contribution < 1.29 is 13.3 Å². The monoisotopic (exact) mass is 330 g/mol. The molecule has 0 atom stereocenters. The van der Waals surface area contributed by atoms with Gasteiger partial charge in [0.05, 0.1) is 9.82 Å². The molecule has 0 fully saturated rings. The van der Waals surface area contributed by atoms with Crippen LogP contribution in [0.5, 0.6) is 0 Å². The summed E-state index contributed by atoms with van der Waals surface area (Å²) in [6, 6.07) is 4.89. The number of nitro benzene ring substituents is 1. The van der Waals surface area contributed by atoms with Crippen molar-refractivity contribution in [3.05, 3.63) is 34.4 Å². The molecule has 0 radical (unpaired) electrons. The van der Waals surface area contributed by atoms with Gasteiger partial charge in [-0.2, -0.15) is 4.31 Å². The maximum absolute atomic E-state index is 12.6. The lowest BCUT2D eigenvalue weighted by molar-refractivity contribution is -0.384. The first-order valence-electron chi connectivity index (χ1n) is 7.08. The topological polar surface area (TPSA) is 133 Å². The lowest BCUT2D eigenvalue weighted by atomic mass is 10.3. The van der Waals surface area contributed by atoms with Crippen LogP contribution in [0.2, 0.25) is 0 Å². The van der Waals surface area contributed by atoms with Gasteiger partial charge in [0.25, 0.3) is 5.69 Å². The van der Waals surface area contributed by atoms with Crippen molar-refractivity contribution in [3.8, 4) is 0 Å². The first-order chi connectivity index (χ1) is 10.4. The molecular formula is C13H22N4O4S. The summed E-state index contributed by atoms with van der Waals surface area (Å²) in [5.74, 6) is 0. The zero-order valence-corrected chi connectivity index (χ0v) is 13.2.